The lowest BCUT2D eigenvalue weighted by atomic mass is 9.77. The van der Waals surface area contributed by atoms with E-state index in [1.54, 1.807) is 6.07 Å². The van der Waals surface area contributed by atoms with Crippen molar-refractivity contribution in [1.29, 1.82) is 0 Å². The average Bonchev–Trinajstić information content (AvgIpc) is 3.39. The van der Waals surface area contributed by atoms with Gasteiger partial charge in [-0.05, 0) is 48.9 Å². The maximum atomic E-state index is 14.4. The fourth-order valence-corrected chi connectivity index (χ4v) is 5.48. The minimum absolute atomic E-state index is 0.124. The van der Waals surface area contributed by atoms with E-state index in [0.717, 1.165) is 24.1 Å². The summed E-state index contributed by atoms with van der Waals surface area (Å²) in [5.41, 5.74) is 0.645. The minimum atomic E-state index is -0.715. The van der Waals surface area contributed by atoms with E-state index in [1.165, 1.54) is 18.2 Å². The molecule has 2 heterocycles. The molecule has 5 rings (SSSR count). The fourth-order valence-electron chi connectivity index (χ4n) is 5.48. The zero-order chi connectivity index (χ0) is 22.7. The number of aromatic nitrogens is 5. The molecule has 168 valence electrons. The monoisotopic (exact) mass is 441 g/mol. The number of aliphatic hydroxyl groups excluding tert-OH is 1. The molecule has 0 amide bonds. The summed E-state index contributed by atoms with van der Waals surface area (Å²) < 4.78 is 35.5. The topological polar surface area (TPSA) is 96.8 Å². The third-order valence-electron chi connectivity index (χ3n) is 7.20. The summed E-state index contributed by atoms with van der Waals surface area (Å²) in [5, 5.41) is 24.9. The molecule has 1 aromatic carbocycles. The van der Waals surface area contributed by atoms with Crippen LogP contribution in [0, 0.1) is 17.0 Å². The number of nitrogens with one attached hydrogen (secondary N) is 1. The number of H-pyrrole nitrogens is 1. The predicted octanol–water partition coefficient (Wildman–Crippen LogP) is 4.31. The fraction of sp³-hybridized carbons (Fsp3) is 0.478. The normalized spacial score (nSPS) is 24.0. The van der Waals surface area contributed by atoms with E-state index in [2.05, 4.69) is 39.2 Å². The summed E-state index contributed by atoms with van der Waals surface area (Å²) in [6.07, 6.45) is 1.86. The van der Waals surface area contributed by atoms with Crippen molar-refractivity contribution in [3.8, 4) is 11.3 Å². The third-order valence-corrected chi connectivity index (χ3v) is 7.20. The van der Waals surface area contributed by atoms with Crippen LogP contribution < -0.4 is 0 Å². The number of aromatic amines is 1. The van der Waals surface area contributed by atoms with E-state index >= 15 is 0 Å². The van der Waals surface area contributed by atoms with Crippen molar-refractivity contribution >= 4 is 0 Å². The highest BCUT2D eigenvalue weighted by molar-refractivity contribution is 5.63. The highest BCUT2D eigenvalue weighted by atomic mass is 19.1. The Morgan fingerprint density at radius 2 is 2.00 bits per heavy atom. The van der Waals surface area contributed by atoms with Crippen molar-refractivity contribution in [2.24, 2.45) is 5.41 Å². The lowest BCUT2D eigenvalue weighted by Crippen LogP contribution is -2.39. The van der Waals surface area contributed by atoms with Crippen LogP contribution in [0.2, 0.25) is 0 Å². The van der Waals surface area contributed by atoms with Crippen LogP contribution in [0.1, 0.15) is 75.0 Å². The van der Waals surface area contributed by atoms with Crippen LogP contribution in [0.4, 0.5) is 8.78 Å². The molecule has 3 atom stereocenters. The number of rotatable bonds is 6. The molecule has 2 aliphatic rings. The lowest BCUT2D eigenvalue weighted by Gasteiger charge is -2.39. The molecule has 0 spiro atoms. The standard InChI is InChI=1S/C23H25F2N5O2/c1-4-17(21-26-18(11-31)28-30-21)32-23-9-8-13(22(23,2)3)12-10-16(27-29-20(12)23)19-14(24)6-5-7-15(19)25/h5-7,10,13,17,31H,4,8-9,11H2,1-3H3,(H,26,28,30)/t13-,17?,23-/m0/s1. The van der Waals surface area contributed by atoms with Crippen molar-refractivity contribution in [2.75, 3.05) is 0 Å². The highest BCUT2D eigenvalue weighted by Crippen LogP contribution is 2.68. The van der Waals surface area contributed by atoms with E-state index in [4.69, 9.17) is 4.74 Å². The van der Waals surface area contributed by atoms with E-state index in [0.29, 0.717) is 18.1 Å². The molecule has 32 heavy (non-hydrogen) atoms. The number of fused-ring (bicyclic) bond motifs is 5. The van der Waals surface area contributed by atoms with Gasteiger partial charge in [0.25, 0.3) is 0 Å². The van der Waals surface area contributed by atoms with E-state index in [-0.39, 0.29) is 29.2 Å². The summed E-state index contributed by atoms with van der Waals surface area (Å²) in [5.74, 6) is -0.340. The van der Waals surface area contributed by atoms with Crippen molar-refractivity contribution in [1.82, 2.24) is 25.4 Å². The quantitative estimate of drug-likeness (QED) is 0.592. The summed E-state index contributed by atoms with van der Waals surface area (Å²) in [4.78, 5) is 4.34. The van der Waals surface area contributed by atoms with Crippen LogP contribution in [0.5, 0.6) is 0 Å². The van der Waals surface area contributed by atoms with Gasteiger partial charge in [-0.3, -0.25) is 5.10 Å². The summed E-state index contributed by atoms with van der Waals surface area (Å²) in [6, 6.07) is 5.53. The lowest BCUT2D eigenvalue weighted by molar-refractivity contribution is -0.154. The van der Waals surface area contributed by atoms with Gasteiger partial charge in [0.2, 0.25) is 0 Å². The van der Waals surface area contributed by atoms with Gasteiger partial charge < -0.3 is 9.84 Å². The smallest absolute Gasteiger partial charge is 0.179 e. The van der Waals surface area contributed by atoms with E-state index in [1.807, 2.05) is 6.92 Å². The van der Waals surface area contributed by atoms with Crippen molar-refractivity contribution in [3.05, 3.63) is 58.8 Å². The van der Waals surface area contributed by atoms with E-state index < -0.39 is 23.3 Å². The van der Waals surface area contributed by atoms with Crippen LogP contribution >= 0.6 is 0 Å². The van der Waals surface area contributed by atoms with Gasteiger partial charge in [-0.15, -0.1) is 5.10 Å². The van der Waals surface area contributed by atoms with Gasteiger partial charge in [-0.1, -0.05) is 26.8 Å². The molecule has 1 saturated carbocycles. The molecule has 2 N–H and O–H groups in total. The summed E-state index contributed by atoms with van der Waals surface area (Å²) >= 11 is 0. The first-order valence-corrected chi connectivity index (χ1v) is 10.8. The SMILES string of the molecule is CCC(O[C@@]12CC[C@@H](c3cc(-c4c(F)cccc4F)nnc31)C2(C)C)c1n[nH]c(CO)n1. The Morgan fingerprint density at radius 1 is 1.25 bits per heavy atom. The third kappa shape index (κ3) is 2.84. The Bertz CT molecular complexity index is 1160. The van der Waals surface area contributed by atoms with Gasteiger partial charge in [-0.2, -0.15) is 10.2 Å². The largest absolute Gasteiger partial charge is 0.388 e. The van der Waals surface area contributed by atoms with Crippen LogP contribution in [0.3, 0.4) is 0 Å². The minimum Gasteiger partial charge on any atom is -0.388 e. The Labute approximate surface area is 184 Å². The van der Waals surface area contributed by atoms with Crippen molar-refractivity contribution in [3.63, 3.8) is 0 Å². The van der Waals surface area contributed by atoms with Crippen LogP contribution in [0.15, 0.2) is 24.3 Å². The summed E-state index contributed by atoms with van der Waals surface area (Å²) in [6.45, 7) is 6.03. The Hall–Kier alpha value is -2.78. The van der Waals surface area contributed by atoms with E-state index in [9.17, 15) is 13.9 Å². The first-order valence-electron chi connectivity index (χ1n) is 10.8. The molecule has 7 nitrogen and oxygen atoms in total. The van der Waals surface area contributed by atoms with Gasteiger partial charge in [0, 0.05) is 5.41 Å². The van der Waals surface area contributed by atoms with Gasteiger partial charge in [0.05, 0.1) is 17.0 Å². The zero-order valence-electron chi connectivity index (χ0n) is 18.2. The number of ether oxygens (including phenoxy) is 1. The average molecular weight is 441 g/mol. The highest BCUT2D eigenvalue weighted by Gasteiger charge is 2.65. The molecule has 0 saturated heterocycles. The van der Waals surface area contributed by atoms with Gasteiger partial charge in [0.1, 0.15) is 35.8 Å². The van der Waals surface area contributed by atoms with Gasteiger partial charge in [0.15, 0.2) is 5.82 Å². The second-order valence-corrected chi connectivity index (χ2v) is 9.08. The molecular weight excluding hydrogens is 416 g/mol. The predicted molar refractivity (Wildman–Crippen MR) is 111 cm³/mol. The Balaban J connectivity index is 1.58. The van der Waals surface area contributed by atoms with Crippen LogP contribution in [0.25, 0.3) is 11.3 Å². The molecule has 2 bridgehead atoms. The van der Waals surface area contributed by atoms with Crippen LogP contribution in [-0.4, -0.2) is 30.5 Å². The molecular formula is C23H25F2N5O2. The first kappa shape index (κ1) is 21.1. The second-order valence-electron chi connectivity index (χ2n) is 9.08. The molecule has 3 aromatic rings. The molecule has 2 aromatic heterocycles. The Morgan fingerprint density at radius 3 is 2.66 bits per heavy atom. The number of halogens is 2. The molecule has 1 fully saturated rings. The van der Waals surface area contributed by atoms with Crippen molar-refractivity contribution in [2.45, 2.75) is 64.3 Å². The summed E-state index contributed by atoms with van der Waals surface area (Å²) in [7, 11) is 0. The van der Waals surface area contributed by atoms with Crippen molar-refractivity contribution < 1.29 is 18.6 Å². The molecule has 1 unspecified atom stereocenters. The first-order chi connectivity index (χ1) is 15.3. The second kappa shape index (κ2) is 7.38. The molecule has 9 heteroatoms. The molecule has 2 aliphatic carbocycles. The number of hydrogen-bond acceptors (Lipinski definition) is 6. The number of benzene rings is 1. The van der Waals surface area contributed by atoms with Crippen LogP contribution in [-0.2, 0) is 16.9 Å². The molecule has 0 radical (unpaired) electrons. The maximum absolute atomic E-state index is 14.4. The number of nitrogens with zero attached hydrogens (tertiary/aromatic N) is 4. The molecule has 0 aliphatic heterocycles. The maximum Gasteiger partial charge on any atom is 0.179 e. The number of hydrogen-bond donors (Lipinski definition) is 2. The number of aliphatic hydroxyl groups is 1. The zero-order valence-corrected chi connectivity index (χ0v) is 18.2. The van der Waals surface area contributed by atoms with Gasteiger partial charge >= 0.3 is 0 Å². The van der Waals surface area contributed by atoms with Gasteiger partial charge in [-0.25, -0.2) is 13.8 Å². The Kier molecular flexibility index (Phi) is 4.86.